The molecule has 0 saturated carbocycles. The van der Waals surface area contributed by atoms with Crippen LogP contribution in [-0.2, 0) is 6.54 Å². The Balaban J connectivity index is 2.33. The number of anilines is 2. The van der Waals surface area contributed by atoms with Gasteiger partial charge < -0.3 is 10.6 Å². The van der Waals surface area contributed by atoms with Crippen molar-refractivity contribution in [3.63, 3.8) is 0 Å². The Morgan fingerprint density at radius 3 is 2.75 bits per heavy atom. The number of nitrogens with zero attached hydrogens (tertiary/aromatic N) is 2. The molecule has 102 valence electrons. The maximum absolute atomic E-state index is 9.18. The molecule has 0 saturated heterocycles. The second kappa shape index (κ2) is 6.17. The second-order valence-corrected chi connectivity index (χ2v) is 5.80. The molecule has 0 aliphatic rings. The van der Waals surface area contributed by atoms with Gasteiger partial charge in [-0.05, 0) is 42.0 Å². The van der Waals surface area contributed by atoms with E-state index < -0.39 is 0 Å². The SMILES string of the molecule is CN(Cc1cc(N)ccc1Cl)c1cc(Br)ccc1C#N. The molecular formula is C15H13BrClN3. The summed E-state index contributed by atoms with van der Waals surface area (Å²) in [5.41, 5.74) is 8.86. The third-order valence-electron chi connectivity index (χ3n) is 2.97. The van der Waals surface area contributed by atoms with Crippen LogP contribution in [0, 0.1) is 11.3 Å². The molecule has 2 aromatic rings. The lowest BCUT2D eigenvalue weighted by molar-refractivity contribution is 0.921. The van der Waals surface area contributed by atoms with Crippen LogP contribution in [-0.4, -0.2) is 7.05 Å². The van der Waals surface area contributed by atoms with Gasteiger partial charge in [-0.2, -0.15) is 5.26 Å². The van der Waals surface area contributed by atoms with Gasteiger partial charge in [-0.25, -0.2) is 0 Å². The summed E-state index contributed by atoms with van der Waals surface area (Å²) in [7, 11) is 1.92. The van der Waals surface area contributed by atoms with Gasteiger partial charge in [-0.1, -0.05) is 27.5 Å². The lowest BCUT2D eigenvalue weighted by Gasteiger charge is -2.21. The summed E-state index contributed by atoms with van der Waals surface area (Å²) in [6.07, 6.45) is 0. The molecule has 2 aromatic carbocycles. The molecule has 0 aliphatic heterocycles. The number of halogens is 2. The van der Waals surface area contributed by atoms with E-state index in [4.69, 9.17) is 17.3 Å². The third-order valence-corrected chi connectivity index (χ3v) is 3.83. The summed E-state index contributed by atoms with van der Waals surface area (Å²) in [5, 5.41) is 9.85. The number of hydrogen-bond acceptors (Lipinski definition) is 3. The Morgan fingerprint density at radius 2 is 2.05 bits per heavy atom. The first-order valence-electron chi connectivity index (χ1n) is 5.96. The van der Waals surface area contributed by atoms with E-state index >= 15 is 0 Å². The quantitative estimate of drug-likeness (QED) is 0.844. The van der Waals surface area contributed by atoms with Gasteiger partial charge in [0.05, 0.1) is 11.3 Å². The predicted octanol–water partition coefficient (Wildman–Crippen LogP) is 4.19. The topological polar surface area (TPSA) is 53.0 Å². The maximum Gasteiger partial charge on any atom is 0.101 e. The minimum atomic E-state index is 0.578. The molecule has 0 atom stereocenters. The van der Waals surface area contributed by atoms with E-state index in [0.717, 1.165) is 15.7 Å². The summed E-state index contributed by atoms with van der Waals surface area (Å²) < 4.78 is 0.928. The molecule has 3 nitrogen and oxygen atoms in total. The molecule has 0 radical (unpaired) electrons. The summed E-state index contributed by atoms with van der Waals surface area (Å²) >= 11 is 9.60. The van der Waals surface area contributed by atoms with Gasteiger partial charge in [-0.15, -0.1) is 0 Å². The summed E-state index contributed by atoms with van der Waals surface area (Å²) in [6, 6.07) is 13.2. The maximum atomic E-state index is 9.18. The molecule has 5 heteroatoms. The first kappa shape index (κ1) is 14.7. The van der Waals surface area contributed by atoms with E-state index in [1.165, 1.54) is 0 Å². The zero-order chi connectivity index (χ0) is 14.7. The Bertz CT molecular complexity index is 679. The number of hydrogen-bond donors (Lipinski definition) is 1. The molecule has 0 spiro atoms. The van der Waals surface area contributed by atoms with Gasteiger partial charge in [0.2, 0.25) is 0 Å². The first-order chi connectivity index (χ1) is 9.51. The van der Waals surface area contributed by atoms with Gasteiger partial charge >= 0.3 is 0 Å². The van der Waals surface area contributed by atoms with Crippen molar-refractivity contribution < 1.29 is 0 Å². The first-order valence-corrected chi connectivity index (χ1v) is 7.13. The summed E-state index contributed by atoms with van der Waals surface area (Å²) in [5.74, 6) is 0. The second-order valence-electron chi connectivity index (χ2n) is 4.48. The van der Waals surface area contributed by atoms with Crippen LogP contribution >= 0.6 is 27.5 Å². The molecule has 2 rings (SSSR count). The van der Waals surface area contributed by atoms with Crippen molar-refractivity contribution in [2.45, 2.75) is 6.54 Å². The molecule has 0 bridgehead atoms. The average Bonchev–Trinajstić information content (AvgIpc) is 2.42. The van der Waals surface area contributed by atoms with Crippen LogP contribution in [0.4, 0.5) is 11.4 Å². The van der Waals surface area contributed by atoms with Gasteiger partial charge in [-0.3, -0.25) is 0 Å². The number of benzene rings is 2. The summed E-state index contributed by atoms with van der Waals surface area (Å²) in [6.45, 7) is 0.578. The number of nitrogen functional groups attached to an aromatic ring is 1. The zero-order valence-corrected chi connectivity index (χ0v) is 13.2. The number of rotatable bonds is 3. The molecule has 0 amide bonds. The number of nitriles is 1. The van der Waals surface area contributed by atoms with Crippen molar-refractivity contribution in [2.24, 2.45) is 0 Å². The van der Waals surface area contributed by atoms with Gasteiger partial charge in [0.15, 0.2) is 0 Å². The number of nitrogens with two attached hydrogens (primary N) is 1. The van der Waals surface area contributed by atoms with Crippen LogP contribution in [0.5, 0.6) is 0 Å². The molecule has 0 aliphatic carbocycles. The normalized spacial score (nSPS) is 10.1. The Kier molecular flexibility index (Phi) is 4.53. The van der Waals surface area contributed by atoms with Crippen LogP contribution in [0.15, 0.2) is 40.9 Å². The highest BCUT2D eigenvalue weighted by atomic mass is 79.9. The van der Waals surface area contributed by atoms with Crippen molar-refractivity contribution >= 4 is 38.9 Å². The van der Waals surface area contributed by atoms with E-state index in [2.05, 4.69) is 22.0 Å². The minimum absolute atomic E-state index is 0.578. The minimum Gasteiger partial charge on any atom is -0.399 e. The van der Waals surface area contributed by atoms with E-state index in [-0.39, 0.29) is 0 Å². The van der Waals surface area contributed by atoms with E-state index in [1.807, 2.05) is 30.1 Å². The van der Waals surface area contributed by atoms with Gasteiger partial charge in [0.1, 0.15) is 6.07 Å². The predicted molar refractivity (Wildman–Crippen MR) is 86.8 cm³/mol. The molecule has 0 heterocycles. The molecule has 0 fully saturated rings. The van der Waals surface area contributed by atoms with Gasteiger partial charge in [0.25, 0.3) is 0 Å². The Labute approximate surface area is 131 Å². The Hall–Kier alpha value is -1.70. The molecule has 20 heavy (non-hydrogen) atoms. The zero-order valence-electron chi connectivity index (χ0n) is 10.9. The Morgan fingerprint density at radius 1 is 1.30 bits per heavy atom. The fraction of sp³-hybridized carbons (Fsp3) is 0.133. The lowest BCUT2D eigenvalue weighted by atomic mass is 10.1. The van der Waals surface area contributed by atoms with E-state index in [0.29, 0.717) is 22.8 Å². The smallest absolute Gasteiger partial charge is 0.101 e. The van der Waals surface area contributed by atoms with Crippen LogP contribution in [0.2, 0.25) is 5.02 Å². The van der Waals surface area contributed by atoms with E-state index in [1.54, 1.807) is 18.2 Å². The van der Waals surface area contributed by atoms with Crippen molar-refractivity contribution in [3.8, 4) is 6.07 Å². The van der Waals surface area contributed by atoms with Crippen molar-refractivity contribution in [3.05, 3.63) is 57.0 Å². The largest absolute Gasteiger partial charge is 0.399 e. The average molecular weight is 351 g/mol. The molecular weight excluding hydrogens is 338 g/mol. The highest BCUT2D eigenvalue weighted by Gasteiger charge is 2.10. The van der Waals surface area contributed by atoms with E-state index in [9.17, 15) is 5.26 Å². The highest BCUT2D eigenvalue weighted by molar-refractivity contribution is 9.10. The van der Waals surface area contributed by atoms with Crippen molar-refractivity contribution in [2.75, 3.05) is 17.7 Å². The highest BCUT2D eigenvalue weighted by Crippen LogP contribution is 2.27. The fourth-order valence-corrected chi connectivity index (χ4v) is 2.50. The van der Waals surface area contributed by atoms with Gasteiger partial charge in [0, 0.05) is 28.8 Å². The fourth-order valence-electron chi connectivity index (χ4n) is 1.97. The third kappa shape index (κ3) is 3.24. The van der Waals surface area contributed by atoms with Crippen molar-refractivity contribution in [1.29, 1.82) is 5.26 Å². The lowest BCUT2D eigenvalue weighted by Crippen LogP contribution is -2.18. The van der Waals surface area contributed by atoms with Crippen LogP contribution < -0.4 is 10.6 Å². The molecule has 2 N–H and O–H groups in total. The standard InChI is InChI=1S/C15H13BrClN3/c1-20(9-11-6-13(19)4-5-14(11)17)15-7-12(16)3-2-10(15)8-18/h2-7H,9,19H2,1H3. The molecule has 0 unspecified atom stereocenters. The van der Waals surface area contributed by atoms with Crippen LogP contribution in [0.1, 0.15) is 11.1 Å². The van der Waals surface area contributed by atoms with Crippen LogP contribution in [0.25, 0.3) is 0 Å². The van der Waals surface area contributed by atoms with Crippen LogP contribution in [0.3, 0.4) is 0 Å². The monoisotopic (exact) mass is 349 g/mol. The molecule has 0 aromatic heterocycles. The summed E-state index contributed by atoms with van der Waals surface area (Å²) in [4.78, 5) is 1.98. The van der Waals surface area contributed by atoms with Crippen molar-refractivity contribution in [1.82, 2.24) is 0 Å².